The second kappa shape index (κ2) is 7.72. The first-order valence-electron chi connectivity index (χ1n) is 6.54. The third-order valence-corrected chi connectivity index (χ3v) is 2.80. The van der Waals surface area contributed by atoms with Gasteiger partial charge in [0.1, 0.15) is 12.4 Å². The minimum absolute atomic E-state index is 0.212. The van der Waals surface area contributed by atoms with Crippen LogP contribution in [0.15, 0.2) is 24.3 Å². The summed E-state index contributed by atoms with van der Waals surface area (Å²) in [5, 5.41) is 3.14. The van der Waals surface area contributed by atoms with E-state index in [-0.39, 0.29) is 12.6 Å². The minimum Gasteiger partial charge on any atom is -0.475 e. The topological polar surface area (TPSA) is 66.0 Å². The lowest BCUT2D eigenvalue weighted by Crippen LogP contribution is -2.39. The van der Waals surface area contributed by atoms with Crippen molar-refractivity contribution >= 4 is 11.7 Å². The molecule has 1 aliphatic rings. The number of fused-ring (bicyclic) bond motifs is 1. The largest absolute Gasteiger partial charge is 0.475 e. The fourth-order valence-electron chi connectivity index (χ4n) is 1.78. The molecule has 0 aliphatic carbocycles. The summed E-state index contributed by atoms with van der Waals surface area (Å²) in [5.41, 5.74) is 0.888. The summed E-state index contributed by atoms with van der Waals surface area (Å²) in [4.78, 5) is 11.8. The van der Waals surface area contributed by atoms with E-state index < -0.39 is 6.10 Å². The van der Waals surface area contributed by atoms with Crippen LogP contribution in [0.25, 0.3) is 0 Å². The van der Waals surface area contributed by atoms with Crippen LogP contribution in [0.5, 0.6) is 5.75 Å². The molecule has 0 radical (unpaired) electrons. The number of esters is 1. The Balaban J connectivity index is 1.69. The maximum absolute atomic E-state index is 11.8. The summed E-state index contributed by atoms with van der Waals surface area (Å²) in [7, 11) is 1.61. The summed E-state index contributed by atoms with van der Waals surface area (Å²) < 4.78 is 20.7. The molecule has 1 aromatic rings. The van der Waals surface area contributed by atoms with Gasteiger partial charge in [0, 0.05) is 7.11 Å². The zero-order chi connectivity index (χ0) is 14.2. The van der Waals surface area contributed by atoms with Crippen molar-refractivity contribution in [3.63, 3.8) is 0 Å². The molecular formula is C14H19NO5. The van der Waals surface area contributed by atoms with Crippen molar-refractivity contribution in [3.8, 4) is 5.75 Å². The van der Waals surface area contributed by atoms with E-state index in [9.17, 15) is 4.79 Å². The molecule has 110 valence electrons. The van der Waals surface area contributed by atoms with Crippen molar-refractivity contribution in [1.29, 1.82) is 0 Å². The summed E-state index contributed by atoms with van der Waals surface area (Å²) in [6.45, 7) is 1.99. The van der Waals surface area contributed by atoms with E-state index in [2.05, 4.69) is 5.32 Å². The van der Waals surface area contributed by atoms with Crippen LogP contribution in [0.3, 0.4) is 0 Å². The first-order valence-corrected chi connectivity index (χ1v) is 6.54. The van der Waals surface area contributed by atoms with Gasteiger partial charge in [-0.3, -0.25) is 0 Å². The monoisotopic (exact) mass is 281 g/mol. The molecule has 1 unspecified atom stereocenters. The van der Waals surface area contributed by atoms with Crippen molar-refractivity contribution in [2.75, 3.05) is 45.4 Å². The second-order valence-electron chi connectivity index (χ2n) is 4.26. The van der Waals surface area contributed by atoms with Crippen molar-refractivity contribution < 1.29 is 23.7 Å². The van der Waals surface area contributed by atoms with Crippen molar-refractivity contribution in [2.45, 2.75) is 6.10 Å². The Labute approximate surface area is 118 Å². The van der Waals surface area contributed by atoms with Crippen LogP contribution in [-0.2, 0) is 19.0 Å². The average Bonchev–Trinajstić information content (AvgIpc) is 2.50. The van der Waals surface area contributed by atoms with E-state index in [1.807, 2.05) is 24.3 Å². The van der Waals surface area contributed by atoms with Crippen LogP contribution >= 0.6 is 0 Å². The minimum atomic E-state index is -0.621. The Morgan fingerprint density at radius 1 is 1.30 bits per heavy atom. The maximum atomic E-state index is 11.8. The number of carbonyl (C=O) groups is 1. The predicted molar refractivity (Wildman–Crippen MR) is 73.0 cm³/mol. The summed E-state index contributed by atoms with van der Waals surface area (Å²) in [5.74, 6) is 0.277. The first-order chi connectivity index (χ1) is 9.81. The molecule has 0 amide bonds. The van der Waals surface area contributed by atoms with Crippen LogP contribution in [0.2, 0.25) is 0 Å². The zero-order valence-electron chi connectivity index (χ0n) is 11.5. The molecule has 1 aromatic carbocycles. The Hall–Kier alpha value is -1.79. The van der Waals surface area contributed by atoms with Gasteiger partial charge in [0.25, 0.3) is 0 Å². The summed E-state index contributed by atoms with van der Waals surface area (Å²) in [6, 6.07) is 7.49. The molecule has 1 atom stereocenters. The predicted octanol–water partition coefficient (Wildman–Crippen LogP) is 1.07. The lowest BCUT2D eigenvalue weighted by molar-refractivity contribution is -0.153. The first kappa shape index (κ1) is 14.6. The molecule has 6 heteroatoms. The fraction of sp³-hybridized carbons (Fsp3) is 0.500. The molecule has 0 bridgehead atoms. The van der Waals surface area contributed by atoms with Gasteiger partial charge in [-0.05, 0) is 12.1 Å². The molecule has 1 heterocycles. The van der Waals surface area contributed by atoms with Gasteiger partial charge in [0.2, 0.25) is 6.10 Å². The van der Waals surface area contributed by atoms with E-state index in [4.69, 9.17) is 18.9 Å². The highest BCUT2D eigenvalue weighted by Crippen LogP contribution is 2.28. The molecule has 6 nitrogen and oxygen atoms in total. The normalized spacial score (nSPS) is 16.8. The highest BCUT2D eigenvalue weighted by molar-refractivity contribution is 5.77. The number of anilines is 1. The Morgan fingerprint density at radius 2 is 2.10 bits per heavy atom. The number of rotatable bonds is 7. The lowest BCUT2D eigenvalue weighted by Gasteiger charge is -2.25. The molecule has 20 heavy (non-hydrogen) atoms. The Bertz CT molecular complexity index is 437. The molecule has 0 fully saturated rings. The Kier molecular flexibility index (Phi) is 5.64. The van der Waals surface area contributed by atoms with Crippen molar-refractivity contribution in [1.82, 2.24) is 0 Å². The molecule has 0 spiro atoms. The number of carbonyl (C=O) groups excluding carboxylic acids is 1. The number of methoxy groups -OCH3 is 1. The smallest absolute Gasteiger partial charge is 0.349 e. The van der Waals surface area contributed by atoms with Crippen molar-refractivity contribution in [3.05, 3.63) is 24.3 Å². The van der Waals surface area contributed by atoms with Gasteiger partial charge >= 0.3 is 5.97 Å². The molecule has 0 saturated carbocycles. The SMILES string of the molecule is COCCOCCOC(=O)C1CNc2ccccc2O1. The van der Waals surface area contributed by atoms with Gasteiger partial charge in [-0.25, -0.2) is 4.79 Å². The van der Waals surface area contributed by atoms with Gasteiger partial charge in [-0.2, -0.15) is 0 Å². The van der Waals surface area contributed by atoms with E-state index in [0.29, 0.717) is 32.1 Å². The van der Waals surface area contributed by atoms with Crippen LogP contribution < -0.4 is 10.1 Å². The summed E-state index contributed by atoms with van der Waals surface area (Å²) >= 11 is 0. The van der Waals surface area contributed by atoms with E-state index in [1.165, 1.54) is 0 Å². The van der Waals surface area contributed by atoms with Gasteiger partial charge in [-0.15, -0.1) is 0 Å². The van der Waals surface area contributed by atoms with Crippen LogP contribution in [-0.4, -0.2) is 52.2 Å². The van der Waals surface area contributed by atoms with E-state index in [0.717, 1.165) is 5.69 Å². The highest BCUT2D eigenvalue weighted by Gasteiger charge is 2.26. The molecule has 0 saturated heterocycles. The third kappa shape index (κ3) is 4.11. The Morgan fingerprint density at radius 3 is 2.95 bits per heavy atom. The molecule has 1 aliphatic heterocycles. The zero-order valence-corrected chi connectivity index (χ0v) is 11.5. The van der Waals surface area contributed by atoms with Crippen LogP contribution in [0, 0.1) is 0 Å². The number of hydrogen-bond donors (Lipinski definition) is 1. The number of hydrogen-bond acceptors (Lipinski definition) is 6. The quantitative estimate of drug-likeness (QED) is 0.595. The highest BCUT2D eigenvalue weighted by atomic mass is 16.6. The fourth-order valence-corrected chi connectivity index (χ4v) is 1.78. The van der Waals surface area contributed by atoms with E-state index in [1.54, 1.807) is 7.11 Å². The standard InChI is InChI=1S/C14H19NO5/c1-17-6-7-18-8-9-19-14(16)13-10-15-11-4-2-3-5-12(11)20-13/h2-5,13,15H,6-10H2,1H3. The van der Waals surface area contributed by atoms with Gasteiger partial charge in [0.05, 0.1) is 32.1 Å². The molecule has 1 N–H and O–H groups in total. The number of benzene rings is 1. The third-order valence-electron chi connectivity index (χ3n) is 2.80. The average molecular weight is 281 g/mol. The second-order valence-corrected chi connectivity index (χ2v) is 4.26. The molecular weight excluding hydrogens is 262 g/mol. The van der Waals surface area contributed by atoms with Gasteiger partial charge in [-0.1, -0.05) is 12.1 Å². The number of para-hydroxylation sites is 2. The summed E-state index contributed by atoms with van der Waals surface area (Å²) in [6.07, 6.45) is -0.621. The number of ether oxygens (including phenoxy) is 4. The molecule has 2 rings (SSSR count). The van der Waals surface area contributed by atoms with Gasteiger partial charge in [0.15, 0.2) is 0 Å². The van der Waals surface area contributed by atoms with Crippen LogP contribution in [0.1, 0.15) is 0 Å². The molecule has 0 aromatic heterocycles. The maximum Gasteiger partial charge on any atom is 0.349 e. The number of nitrogens with one attached hydrogen (secondary N) is 1. The van der Waals surface area contributed by atoms with Crippen LogP contribution in [0.4, 0.5) is 5.69 Å². The van der Waals surface area contributed by atoms with E-state index >= 15 is 0 Å². The lowest BCUT2D eigenvalue weighted by atomic mass is 10.2. The van der Waals surface area contributed by atoms with Crippen molar-refractivity contribution in [2.24, 2.45) is 0 Å². The van der Waals surface area contributed by atoms with Gasteiger partial charge < -0.3 is 24.3 Å².